The molecule has 1 amide bonds. The lowest BCUT2D eigenvalue weighted by Crippen LogP contribution is -2.43. The maximum Gasteiger partial charge on any atom is 0.410 e. The van der Waals surface area contributed by atoms with E-state index < -0.39 is 0 Å². The van der Waals surface area contributed by atoms with Gasteiger partial charge in [-0.2, -0.15) is 0 Å². The largest absolute Gasteiger partial charge is 0.447 e. The van der Waals surface area contributed by atoms with Crippen LogP contribution < -0.4 is 0 Å². The molecule has 1 aliphatic heterocycles. The van der Waals surface area contributed by atoms with Crippen LogP contribution in [0.4, 0.5) is 4.79 Å². The van der Waals surface area contributed by atoms with Crippen LogP contribution in [0.5, 0.6) is 0 Å². The number of amides is 1. The van der Waals surface area contributed by atoms with Gasteiger partial charge >= 0.3 is 6.09 Å². The van der Waals surface area contributed by atoms with Gasteiger partial charge in [-0.25, -0.2) is 4.79 Å². The van der Waals surface area contributed by atoms with E-state index >= 15 is 0 Å². The van der Waals surface area contributed by atoms with Crippen LogP contribution in [-0.4, -0.2) is 54.2 Å². The van der Waals surface area contributed by atoms with Gasteiger partial charge in [0.25, 0.3) is 0 Å². The molecule has 1 heterocycles. The van der Waals surface area contributed by atoms with Crippen LogP contribution in [0.3, 0.4) is 0 Å². The summed E-state index contributed by atoms with van der Waals surface area (Å²) in [6.07, 6.45) is 4.97. The lowest BCUT2D eigenvalue weighted by atomic mass is 9.91. The van der Waals surface area contributed by atoms with Gasteiger partial charge in [-0.15, -0.1) is 0 Å². The Kier molecular flexibility index (Phi) is 4.26. The third-order valence-corrected chi connectivity index (χ3v) is 3.72. The Bertz CT molecular complexity index is 264. The molecule has 0 aromatic rings. The normalized spacial score (nSPS) is 23.4. The van der Waals surface area contributed by atoms with Crippen LogP contribution in [-0.2, 0) is 4.74 Å². The molecule has 4 nitrogen and oxygen atoms in total. The van der Waals surface area contributed by atoms with E-state index in [0.717, 1.165) is 38.6 Å². The van der Waals surface area contributed by atoms with Crippen LogP contribution in [0.25, 0.3) is 0 Å². The van der Waals surface area contributed by atoms with Crippen molar-refractivity contribution < 1.29 is 9.53 Å². The monoisotopic (exact) mass is 240 g/mol. The van der Waals surface area contributed by atoms with Gasteiger partial charge in [0.1, 0.15) is 0 Å². The van der Waals surface area contributed by atoms with Gasteiger partial charge in [0.2, 0.25) is 0 Å². The van der Waals surface area contributed by atoms with E-state index in [1.54, 1.807) is 0 Å². The number of hydrogen-bond donors (Lipinski definition) is 0. The van der Waals surface area contributed by atoms with Gasteiger partial charge < -0.3 is 9.64 Å². The molecule has 0 unspecified atom stereocenters. The predicted octanol–water partition coefficient (Wildman–Crippen LogP) is 2.09. The zero-order valence-electron chi connectivity index (χ0n) is 11.0. The van der Waals surface area contributed by atoms with Gasteiger partial charge in [0.05, 0.1) is 6.10 Å². The number of hydrogen-bond acceptors (Lipinski definition) is 3. The van der Waals surface area contributed by atoms with E-state index in [9.17, 15) is 4.79 Å². The molecule has 1 saturated heterocycles. The number of ether oxygens (including phenoxy) is 1. The van der Waals surface area contributed by atoms with E-state index in [1.165, 1.54) is 19.3 Å². The van der Waals surface area contributed by atoms with Crippen molar-refractivity contribution in [2.75, 3.05) is 26.2 Å². The summed E-state index contributed by atoms with van der Waals surface area (Å²) in [4.78, 5) is 16.2. The third kappa shape index (κ3) is 3.35. The highest BCUT2D eigenvalue weighted by Gasteiger charge is 2.28. The summed E-state index contributed by atoms with van der Waals surface area (Å²) in [5, 5.41) is 0. The summed E-state index contributed by atoms with van der Waals surface area (Å²) in [6, 6.07) is 0.788. The van der Waals surface area contributed by atoms with Crippen LogP contribution in [0.15, 0.2) is 0 Å². The zero-order valence-corrected chi connectivity index (χ0v) is 11.0. The van der Waals surface area contributed by atoms with E-state index in [4.69, 9.17) is 4.74 Å². The molecule has 0 N–H and O–H groups in total. The number of rotatable bonds is 2. The predicted molar refractivity (Wildman–Crippen MR) is 67.0 cm³/mol. The van der Waals surface area contributed by atoms with Crippen LogP contribution in [0, 0.1) is 0 Å². The van der Waals surface area contributed by atoms with Gasteiger partial charge in [0.15, 0.2) is 0 Å². The van der Waals surface area contributed by atoms with Gasteiger partial charge in [0, 0.05) is 32.2 Å². The summed E-state index contributed by atoms with van der Waals surface area (Å²) in [7, 11) is 0. The molecule has 1 aliphatic carbocycles. The Morgan fingerprint density at radius 2 is 1.88 bits per heavy atom. The molecule has 98 valence electrons. The van der Waals surface area contributed by atoms with Gasteiger partial charge in [-0.05, 0) is 33.1 Å². The van der Waals surface area contributed by atoms with Crippen molar-refractivity contribution in [3.8, 4) is 0 Å². The third-order valence-electron chi connectivity index (χ3n) is 3.72. The first-order chi connectivity index (χ1) is 8.16. The van der Waals surface area contributed by atoms with Crippen LogP contribution in [0.2, 0.25) is 0 Å². The smallest absolute Gasteiger partial charge is 0.410 e. The second kappa shape index (κ2) is 5.71. The Balaban J connectivity index is 1.80. The molecule has 2 aliphatic rings. The molecule has 0 aromatic carbocycles. The number of nitrogens with zero attached hydrogens (tertiary/aromatic N) is 2. The van der Waals surface area contributed by atoms with E-state index in [0.29, 0.717) is 0 Å². The van der Waals surface area contributed by atoms with E-state index in [-0.39, 0.29) is 12.2 Å². The summed E-state index contributed by atoms with van der Waals surface area (Å²) < 4.78 is 5.25. The Hall–Kier alpha value is -0.770. The Morgan fingerprint density at radius 3 is 2.47 bits per heavy atom. The number of carbonyl (C=O) groups is 1. The SMILES string of the molecule is CC(C)OC(=O)N1CCCN(C2CCC2)CC1. The Morgan fingerprint density at radius 1 is 1.12 bits per heavy atom. The van der Waals surface area contributed by atoms with Crippen molar-refractivity contribution >= 4 is 6.09 Å². The minimum atomic E-state index is -0.143. The molecule has 17 heavy (non-hydrogen) atoms. The van der Waals surface area contributed by atoms with Crippen molar-refractivity contribution in [2.24, 2.45) is 0 Å². The molecule has 0 bridgehead atoms. The van der Waals surface area contributed by atoms with E-state index in [2.05, 4.69) is 4.90 Å². The highest BCUT2D eigenvalue weighted by Crippen LogP contribution is 2.25. The second-order valence-corrected chi connectivity index (χ2v) is 5.39. The quantitative estimate of drug-likeness (QED) is 0.741. The fourth-order valence-corrected chi connectivity index (χ4v) is 2.51. The molecule has 0 radical (unpaired) electrons. The molecule has 0 aromatic heterocycles. The molecular formula is C13H24N2O2. The molecule has 2 fully saturated rings. The highest BCUT2D eigenvalue weighted by atomic mass is 16.6. The summed E-state index contributed by atoms with van der Waals surface area (Å²) in [6.45, 7) is 7.61. The lowest BCUT2D eigenvalue weighted by Gasteiger charge is -2.36. The van der Waals surface area contributed by atoms with Crippen molar-refractivity contribution in [1.82, 2.24) is 9.80 Å². The summed E-state index contributed by atoms with van der Waals surface area (Å²) in [5.41, 5.74) is 0. The van der Waals surface area contributed by atoms with Crippen molar-refractivity contribution in [3.05, 3.63) is 0 Å². The average Bonchev–Trinajstić information content (AvgIpc) is 2.40. The molecule has 1 saturated carbocycles. The first kappa shape index (κ1) is 12.7. The molecule has 0 spiro atoms. The highest BCUT2D eigenvalue weighted by molar-refractivity contribution is 5.67. The average molecular weight is 240 g/mol. The van der Waals surface area contributed by atoms with Gasteiger partial charge in [-0.3, -0.25) is 4.90 Å². The zero-order chi connectivity index (χ0) is 12.3. The maximum absolute atomic E-state index is 11.8. The van der Waals surface area contributed by atoms with Crippen LogP contribution >= 0.6 is 0 Å². The Labute approximate surface area is 104 Å². The lowest BCUT2D eigenvalue weighted by molar-refractivity contribution is 0.0756. The summed E-state index contributed by atoms with van der Waals surface area (Å²) in [5.74, 6) is 0. The standard InChI is InChI=1S/C13H24N2O2/c1-11(2)17-13(16)15-8-4-7-14(9-10-15)12-5-3-6-12/h11-12H,3-10H2,1-2H3. The summed E-state index contributed by atoms with van der Waals surface area (Å²) >= 11 is 0. The fourth-order valence-electron chi connectivity index (χ4n) is 2.51. The number of carbonyl (C=O) groups excluding carboxylic acids is 1. The van der Waals surface area contributed by atoms with Gasteiger partial charge in [-0.1, -0.05) is 6.42 Å². The first-order valence-electron chi connectivity index (χ1n) is 6.86. The first-order valence-corrected chi connectivity index (χ1v) is 6.86. The fraction of sp³-hybridized carbons (Fsp3) is 0.923. The minimum absolute atomic E-state index is 0.0199. The maximum atomic E-state index is 11.8. The minimum Gasteiger partial charge on any atom is -0.447 e. The topological polar surface area (TPSA) is 32.8 Å². The van der Waals surface area contributed by atoms with Crippen molar-refractivity contribution in [3.63, 3.8) is 0 Å². The molecule has 2 rings (SSSR count). The second-order valence-electron chi connectivity index (χ2n) is 5.39. The molecule has 4 heteroatoms. The molecule has 0 atom stereocenters. The van der Waals surface area contributed by atoms with Crippen molar-refractivity contribution in [2.45, 2.75) is 51.7 Å². The van der Waals surface area contributed by atoms with Crippen LogP contribution in [0.1, 0.15) is 39.5 Å². The van der Waals surface area contributed by atoms with E-state index in [1.807, 2.05) is 18.7 Å². The molecular weight excluding hydrogens is 216 g/mol. The van der Waals surface area contributed by atoms with Crippen molar-refractivity contribution in [1.29, 1.82) is 0 Å².